The predicted octanol–water partition coefficient (Wildman–Crippen LogP) is 6.34. The van der Waals surface area contributed by atoms with Crippen LogP contribution in [0, 0.1) is 0 Å². The van der Waals surface area contributed by atoms with E-state index in [4.69, 9.17) is 25.8 Å². The molecule has 0 aliphatic rings. The molecule has 0 aliphatic heterocycles. The zero-order chi connectivity index (χ0) is 22.9. The van der Waals surface area contributed by atoms with Gasteiger partial charge in [0.1, 0.15) is 0 Å². The van der Waals surface area contributed by atoms with E-state index in [9.17, 15) is 4.79 Å². The van der Waals surface area contributed by atoms with Gasteiger partial charge >= 0.3 is 0 Å². The molecule has 3 aromatic rings. The minimum Gasteiger partial charge on any atom is -0.493 e. The van der Waals surface area contributed by atoms with Crippen molar-refractivity contribution < 1.29 is 19.0 Å². The van der Waals surface area contributed by atoms with Crippen LogP contribution in [-0.2, 0) is 0 Å². The number of allylic oxidation sites excluding steroid dienone is 1. The molecule has 5 nitrogen and oxygen atoms in total. The summed E-state index contributed by atoms with van der Waals surface area (Å²) < 4.78 is 16.2. The van der Waals surface area contributed by atoms with Crippen molar-refractivity contribution >= 4 is 35.2 Å². The zero-order valence-corrected chi connectivity index (χ0v) is 18.8. The van der Waals surface area contributed by atoms with Crippen LogP contribution >= 0.6 is 11.6 Å². The first kappa shape index (κ1) is 23.0. The molecule has 0 aromatic heterocycles. The van der Waals surface area contributed by atoms with E-state index >= 15 is 0 Å². The number of hydrogen-bond donors (Lipinski definition) is 1. The first-order valence-electron chi connectivity index (χ1n) is 9.85. The highest BCUT2D eigenvalue weighted by atomic mass is 35.5. The van der Waals surface area contributed by atoms with Crippen molar-refractivity contribution in [3.63, 3.8) is 0 Å². The Morgan fingerprint density at radius 3 is 2.12 bits per heavy atom. The van der Waals surface area contributed by atoms with Gasteiger partial charge in [-0.1, -0.05) is 35.9 Å². The summed E-state index contributed by atoms with van der Waals surface area (Å²) in [6.07, 6.45) is 7.05. The van der Waals surface area contributed by atoms with Gasteiger partial charge in [-0.25, -0.2) is 0 Å². The number of anilines is 1. The number of rotatable bonds is 9. The molecule has 0 unspecified atom stereocenters. The van der Waals surface area contributed by atoms with Crippen LogP contribution in [0.2, 0.25) is 5.02 Å². The minimum atomic E-state index is -0.104. The van der Waals surface area contributed by atoms with Gasteiger partial charge in [0.25, 0.3) is 0 Å². The van der Waals surface area contributed by atoms with E-state index in [0.29, 0.717) is 27.8 Å². The highest BCUT2D eigenvalue weighted by Crippen LogP contribution is 2.38. The van der Waals surface area contributed by atoms with E-state index in [1.54, 1.807) is 51.8 Å². The van der Waals surface area contributed by atoms with Crippen LogP contribution in [0.1, 0.15) is 21.5 Å². The van der Waals surface area contributed by atoms with Gasteiger partial charge in [-0.2, -0.15) is 0 Å². The summed E-state index contributed by atoms with van der Waals surface area (Å²) in [4.78, 5) is 12.2. The van der Waals surface area contributed by atoms with Gasteiger partial charge in [-0.3, -0.25) is 4.79 Å². The number of benzene rings is 3. The second kappa shape index (κ2) is 11.1. The second-order valence-corrected chi connectivity index (χ2v) is 7.20. The molecule has 3 aromatic carbocycles. The summed E-state index contributed by atoms with van der Waals surface area (Å²) in [7, 11) is 4.75. The number of carbonyl (C=O) groups is 1. The molecule has 3 rings (SSSR count). The summed E-state index contributed by atoms with van der Waals surface area (Å²) in [6.45, 7) is 0. The minimum absolute atomic E-state index is 0.104. The lowest BCUT2D eigenvalue weighted by molar-refractivity contribution is 0.104. The topological polar surface area (TPSA) is 56.8 Å². The molecule has 0 saturated heterocycles. The van der Waals surface area contributed by atoms with Gasteiger partial charge in [-0.05, 0) is 59.7 Å². The Morgan fingerprint density at radius 2 is 1.50 bits per heavy atom. The van der Waals surface area contributed by atoms with Gasteiger partial charge in [0.2, 0.25) is 5.75 Å². The van der Waals surface area contributed by atoms with Gasteiger partial charge in [-0.15, -0.1) is 0 Å². The number of nitrogens with one attached hydrogen (secondary N) is 1. The summed E-state index contributed by atoms with van der Waals surface area (Å²) in [6, 6.07) is 18.4. The predicted molar refractivity (Wildman–Crippen MR) is 130 cm³/mol. The molecule has 0 heterocycles. The van der Waals surface area contributed by atoms with Gasteiger partial charge in [0.05, 0.1) is 21.3 Å². The average Bonchev–Trinajstić information content (AvgIpc) is 2.82. The van der Waals surface area contributed by atoms with Crippen molar-refractivity contribution in [3.8, 4) is 17.2 Å². The Balaban J connectivity index is 1.70. The van der Waals surface area contributed by atoms with Crippen molar-refractivity contribution in [1.82, 2.24) is 0 Å². The van der Waals surface area contributed by atoms with E-state index in [1.807, 2.05) is 48.6 Å². The fourth-order valence-corrected chi connectivity index (χ4v) is 3.17. The highest BCUT2D eigenvalue weighted by Gasteiger charge is 2.12. The quantitative estimate of drug-likeness (QED) is 0.234. The van der Waals surface area contributed by atoms with Crippen LogP contribution in [0.5, 0.6) is 17.2 Å². The molecule has 0 atom stereocenters. The normalized spacial score (nSPS) is 11.0. The van der Waals surface area contributed by atoms with Gasteiger partial charge in [0.15, 0.2) is 17.3 Å². The number of carbonyl (C=O) groups excluding carboxylic acids is 1. The van der Waals surface area contributed by atoms with Crippen LogP contribution in [0.3, 0.4) is 0 Å². The fraction of sp³-hybridized carbons (Fsp3) is 0.115. The van der Waals surface area contributed by atoms with E-state index < -0.39 is 0 Å². The Morgan fingerprint density at radius 1 is 0.844 bits per heavy atom. The molecule has 0 bridgehead atoms. The standard InChI is InChI=1S/C26H24ClNO4/c1-30-24-16-19(17-25(31-2)26(24)32-3)8-7-18-5-4-6-22(15-18)28-14-13-23(29)20-9-11-21(27)12-10-20/h4-17,28H,1-3H3/b8-7+,14-13-. The van der Waals surface area contributed by atoms with E-state index in [-0.39, 0.29) is 5.78 Å². The van der Waals surface area contributed by atoms with Crippen molar-refractivity contribution in [1.29, 1.82) is 0 Å². The molecule has 0 saturated carbocycles. The van der Waals surface area contributed by atoms with Crippen molar-refractivity contribution in [2.75, 3.05) is 26.6 Å². The third kappa shape index (κ3) is 5.93. The maximum Gasteiger partial charge on any atom is 0.203 e. The van der Waals surface area contributed by atoms with Crippen LogP contribution in [0.25, 0.3) is 12.2 Å². The third-order valence-corrected chi connectivity index (χ3v) is 4.91. The first-order valence-corrected chi connectivity index (χ1v) is 10.2. The molecule has 164 valence electrons. The van der Waals surface area contributed by atoms with Crippen LogP contribution in [0.4, 0.5) is 5.69 Å². The highest BCUT2D eigenvalue weighted by molar-refractivity contribution is 6.30. The molecule has 0 fully saturated rings. The lowest BCUT2D eigenvalue weighted by Gasteiger charge is -2.12. The van der Waals surface area contributed by atoms with Crippen molar-refractivity contribution in [3.05, 3.63) is 94.7 Å². The van der Waals surface area contributed by atoms with E-state index in [0.717, 1.165) is 16.8 Å². The summed E-state index contributed by atoms with van der Waals surface area (Å²) in [5.41, 5.74) is 3.33. The average molecular weight is 450 g/mol. The molecule has 1 N–H and O–H groups in total. The Kier molecular flexibility index (Phi) is 7.95. The molecule has 6 heteroatoms. The lowest BCUT2D eigenvalue weighted by Crippen LogP contribution is -1.96. The molecular formula is C26H24ClNO4. The largest absolute Gasteiger partial charge is 0.493 e. The van der Waals surface area contributed by atoms with Crippen LogP contribution in [0.15, 0.2) is 72.9 Å². The van der Waals surface area contributed by atoms with Crippen molar-refractivity contribution in [2.24, 2.45) is 0 Å². The fourth-order valence-electron chi connectivity index (χ4n) is 3.05. The van der Waals surface area contributed by atoms with Crippen LogP contribution < -0.4 is 19.5 Å². The maximum absolute atomic E-state index is 12.2. The zero-order valence-electron chi connectivity index (χ0n) is 18.1. The van der Waals surface area contributed by atoms with E-state index in [2.05, 4.69) is 5.32 Å². The maximum atomic E-state index is 12.2. The van der Waals surface area contributed by atoms with Gasteiger partial charge in [0, 0.05) is 28.5 Å². The lowest BCUT2D eigenvalue weighted by atomic mass is 10.1. The number of ketones is 1. The van der Waals surface area contributed by atoms with Crippen molar-refractivity contribution in [2.45, 2.75) is 0 Å². The molecular weight excluding hydrogens is 426 g/mol. The summed E-state index contributed by atoms with van der Waals surface area (Å²) in [5.74, 6) is 1.64. The number of methoxy groups -OCH3 is 3. The Hall–Kier alpha value is -3.70. The Bertz CT molecular complexity index is 1110. The summed E-state index contributed by atoms with van der Waals surface area (Å²) >= 11 is 5.86. The Labute approximate surface area is 192 Å². The molecule has 0 aliphatic carbocycles. The smallest absolute Gasteiger partial charge is 0.203 e. The van der Waals surface area contributed by atoms with E-state index in [1.165, 1.54) is 6.08 Å². The monoisotopic (exact) mass is 449 g/mol. The molecule has 0 amide bonds. The SMILES string of the molecule is COc1cc(/C=C/c2cccc(N/C=C\C(=O)c3ccc(Cl)cc3)c2)cc(OC)c1OC. The molecule has 0 radical (unpaired) electrons. The summed E-state index contributed by atoms with van der Waals surface area (Å²) in [5, 5.41) is 3.73. The number of ether oxygens (including phenoxy) is 3. The molecule has 0 spiro atoms. The number of hydrogen-bond acceptors (Lipinski definition) is 5. The third-order valence-electron chi connectivity index (χ3n) is 4.66. The second-order valence-electron chi connectivity index (χ2n) is 6.77. The van der Waals surface area contributed by atoms with Crippen LogP contribution in [-0.4, -0.2) is 27.1 Å². The van der Waals surface area contributed by atoms with Gasteiger partial charge < -0.3 is 19.5 Å². The number of halogens is 1. The molecule has 32 heavy (non-hydrogen) atoms. The first-order chi connectivity index (χ1) is 15.5.